The fourth-order valence-corrected chi connectivity index (χ4v) is 6.07. The normalized spacial score (nSPS) is 18.6. The molecule has 1 aliphatic rings. The molecule has 1 saturated heterocycles. The lowest BCUT2D eigenvalue weighted by Gasteiger charge is -2.31. The summed E-state index contributed by atoms with van der Waals surface area (Å²) in [5, 5.41) is -0.892. The van der Waals surface area contributed by atoms with Gasteiger partial charge < -0.3 is 4.98 Å². The van der Waals surface area contributed by atoms with Gasteiger partial charge in [0.05, 0.1) is 17.1 Å². The summed E-state index contributed by atoms with van der Waals surface area (Å²) in [5.41, 5.74) is 0.746. The molecule has 0 radical (unpaired) electrons. The number of benzene rings is 2. The third-order valence-corrected chi connectivity index (χ3v) is 8.19. The molecule has 0 bridgehead atoms. The van der Waals surface area contributed by atoms with Crippen molar-refractivity contribution >= 4 is 21.4 Å². The number of hydrogen-bond donors (Lipinski definition) is 1. The van der Waals surface area contributed by atoms with E-state index in [-0.39, 0.29) is 15.9 Å². The van der Waals surface area contributed by atoms with Crippen molar-refractivity contribution in [1.29, 1.82) is 0 Å². The second-order valence-electron chi connectivity index (χ2n) is 7.89. The van der Waals surface area contributed by atoms with E-state index in [1.54, 1.807) is 11.9 Å². The van der Waals surface area contributed by atoms with Gasteiger partial charge in [-0.1, -0.05) is 23.7 Å². The molecule has 32 heavy (non-hydrogen) atoms. The Morgan fingerprint density at radius 2 is 1.75 bits per heavy atom. The van der Waals surface area contributed by atoms with Crippen LogP contribution in [0.1, 0.15) is 42.1 Å². The number of aromatic amines is 1. The van der Waals surface area contributed by atoms with Crippen molar-refractivity contribution in [3.05, 3.63) is 82.0 Å². The first-order valence-corrected chi connectivity index (χ1v) is 12.0. The predicted molar refractivity (Wildman–Crippen MR) is 115 cm³/mol. The third-order valence-electron chi connectivity index (χ3n) is 5.77. The first-order valence-electron chi connectivity index (χ1n) is 10.1. The number of sulfone groups is 1. The standard InChI is InChI=1S/C22H21ClF3N3O2S/c1-29-9-3-2-4-20(29)32(30,31)19-12-27-22(28-19)21(13-5-7-16(24)15(23)10-13)14-6-8-17(25)18(26)11-14/h5-8,10-12,20-21H,2-4,9H2,1H3,(H,27,28). The van der Waals surface area contributed by atoms with Crippen LogP contribution in [-0.4, -0.2) is 42.3 Å². The summed E-state index contributed by atoms with van der Waals surface area (Å²) in [6.45, 7) is 0.677. The smallest absolute Gasteiger partial charge is 0.211 e. The average molecular weight is 484 g/mol. The van der Waals surface area contributed by atoms with Gasteiger partial charge in [0.1, 0.15) is 17.0 Å². The van der Waals surface area contributed by atoms with Gasteiger partial charge in [0.25, 0.3) is 0 Å². The summed E-state index contributed by atoms with van der Waals surface area (Å²) in [4.78, 5) is 8.91. The molecule has 3 aromatic rings. The minimum Gasteiger partial charge on any atom is -0.332 e. The Labute approximate surface area is 189 Å². The van der Waals surface area contributed by atoms with E-state index in [4.69, 9.17) is 11.6 Å². The third kappa shape index (κ3) is 4.29. The molecule has 0 saturated carbocycles. The Kier molecular flexibility index (Phi) is 6.33. The van der Waals surface area contributed by atoms with Crippen LogP contribution < -0.4 is 0 Å². The molecule has 5 nitrogen and oxygen atoms in total. The van der Waals surface area contributed by atoms with Crippen LogP contribution >= 0.6 is 11.6 Å². The topological polar surface area (TPSA) is 66.1 Å². The monoisotopic (exact) mass is 483 g/mol. The van der Waals surface area contributed by atoms with Gasteiger partial charge in [-0.2, -0.15) is 0 Å². The zero-order valence-corrected chi connectivity index (χ0v) is 18.7. The number of H-pyrrole nitrogens is 1. The van der Waals surface area contributed by atoms with Crippen molar-refractivity contribution in [3.8, 4) is 0 Å². The van der Waals surface area contributed by atoms with Crippen LogP contribution in [0, 0.1) is 17.5 Å². The van der Waals surface area contributed by atoms with Crippen LogP contribution in [0.15, 0.2) is 47.6 Å². The second kappa shape index (κ2) is 8.88. The second-order valence-corrected chi connectivity index (χ2v) is 10.4. The van der Waals surface area contributed by atoms with Crippen LogP contribution in [0.2, 0.25) is 5.02 Å². The van der Waals surface area contributed by atoms with E-state index < -0.39 is 38.6 Å². The summed E-state index contributed by atoms with van der Waals surface area (Å²) in [7, 11) is -1.96. The molecular formula is C22H21ClF3N3O2S. The van der Waals surface area contributed by atoms with Crippen molar-refractivity contribution in [2.45, 2.75) is 35.6 Å². The van der Waals surface area contributed by atoms with Crippen molar-refractivity contribution in [2.75, 3.05) is 13.6 Å². The zero-order valence-electron chi connectivity index (χ0n) is 17.2. The van der Waals surface area contributed by atoms with E-state index >= 15 is 0 Å². The van der Waals surface area contributed by atoms with E-state index in [0.717, 1.165) is 31.0 Å². The van der Waals surface area contributed by atoms with Gasteiger partial charge in [0.15, 0.2) is 16.7 Å². The van der Waals surface area contributed by atoms with E-state index in [0.29, 0.717) is 24.1 Å². The predicted octanol–water partition coefficient (Wildman–Crippen LogP) is 4.88. The molecule has 1 aromatic heterocycles. The number of piperidine rings is 1. The highest BCUT2D eigenvalue weighted by molar-refractivity contribution is 7.91. The first-order chi connectivity index (χ1) is 15.2. The number of aromatic nitrogens is 2. The number of likely N-dealkylation sites (tertiary alicyclic amines) is 1. The SMILES string of the molecule is CN1CCCCC1S(=O)(=O)c1cnc(C(c2ccc(F)c(F)c2)c2ccc(F)c(Cl)c2)[nH]1. The zero-order chi connectivity index (χ0) is 23.0. The Morgan fingerprint density at radius 1 is 1.06 bits per heavy atom. The Balaban J connectivity index is 1.79. The number of rotatable bonds is 5. The van der Waals surface area contributed by atoms with Crippen molar-refractivity contribution in [1.82, 2.24) is 14.9 Å². The lowest BCUT2D eigenvalue weighted by Crippen LogP contribution is -2.42. The van der Waals surface area contributed by atoms with Gasteiger partial charge in [0, 0.05) is 0 Å². The van der Waals surface area contributed by atoms with Crippen molar-refractivity contribution in [3.63, 3.8) is 0 Å². The van der Waals surface area contributed by atoms with Crippen molar-refractivity contribution in [2.24, 2.45) is 0 Å². The summed E-state index contributed by atoms with van der Waals surface area (Å²) in [6, 6.07) is 7.30. The molecule has 4 rings (SSSR count). The fraction of sp³-hybridized carbons (Fsp3) is 0.318. The molecule has 0 aliphatic carbocycles. The number of imidazole rings is 1. The van der Waals surface area contributed by atoms with E-state index in [1.807, 2.05) is 0 Å². The molecule has 0 amide bonds. The summed E-state index contributed by atoms with van der Waals surface area (Å²) < 4.78 is 67.7. The minimum atomic E-state index is -3.73. The molecule has 2 aromatic carbocycles. The van der Waals surface area contributed by atoms with E-state index in [2.05, 4.69) is 9.97 Å². The van der Waals surface area contributed by atoms with Gasteiger partial charge in [-0.05, 0) is 68.2 Å². The van der Waals surface area contributed by atoms with Crippen LogP contribution in [-0.2, 0) is 9.84 Å². The van der Waals surface area contributed by atoms with Crippen molar-refractivity contribution < 1.29 is 21.6 Å². The summed E-state index contributed by atoms with van der Waals surface area (Å²) in [5.74, 6) is -3.36. The van der Waals surface area contributed by atoms with Gasteiger partial charge in [-0.15, -0.1) is 0 Å². The molecule has 1 fully saturated rings. The highest BCUT2D eigenvalue weighted by Gasteiger charge is 2.35. The van der Waals surface area contributed by atoms with Crippen LogP contribution in [0.3, 0.4) is 0 Å². The average Bonchev–Trinajstić information content (AvgIpc) is 3.24. The molecule has 2 atom stereocenters. The minimum absolute atomic E-state index is 0.0629. The van der Waals surface area contributed by atoms with E-state index in [9.17, 15) is 21.6 Å². The van der Waals surface area contributed by atoms with Crippen LogP contribution in [0.4, 0.5) is 13.2 Å². The number of halogens is 4. The molecular weight excluding hydrogens is 463 g/mol. The Bertz CT molecular complexity index is 1200. The Morgan fingerprint density at radius 3 is 2.41 bits per heavy atom. The molecule has 2 unspecified atom stereocenters. The number of nitrogens with zero attached hydrogens (tertiary/aromatic N) is 2. The highest BCUT2D eigenvalue weighted by Crippen LogP contribution is 2.34. The van der Waals surface area contributed by atoms with Gasteiger partial charge in [-0.3, -0.25) is 4.90 Å². The lowest BCUT2D eigenvalue weighted by atomic mass is 9.90. The highest BCUT2D eigenvalue weighted by atomic mass is 35.5. The maximum Gasteiger partial charge on any atom is 0.211 e. The molecule has 0 spiro atoms. The van der Waals surface area contributed by atoms with E-state index in [1.165, 1.54) is 24.4 Å². The molecule has 1 aliphatic heterocycles. The quantitative estimate of drug-likeness (QED) is 0.562. The van der Waals surface area contributed by atoms with Crippen LogP contribution in [0.5, 0.6) is 0 Å². The van der Waals surface area contributed by atoms with Gasteiger partial charge >= 0.3 is 0 Å². The first kappa shape index (κ1) is 22.8. The molecule has 10 heteroatoms. The number of nitrogens with one attached hydrogen (secondary N) is 1. The van der Waals surface area contributed by atoms with Gasteiger partial charge in [0.2, 0.25) is 9.84 Å². The van der Waals surface area contributed by atoms with Crippen LogP contribution in [0.25, 0.3) is 0 Å². The summed E-state index contributed by atoms with van der Waals surface area (Å²) in [6.07, 6.45) is 3.47. The maximum absolute atomic E-state index is 14.0. The molecule has 170 valence electrons. The summed E-state index contributed by atoms with van der Waals surface area (Å²) >= 11 is 5.94. The molecule has 2 heterocycles. The largest absolute Gasteiger partial charge is 0.332 e. The molecule has 1 N–H and O–H groups in total. The lowest BCUT2D eigenvalue weighted by molar-refractivity contribution is 0.241. The Hall–Kier alpha value is -2.36. The fourth-order valence-electron chi connectivity index (χ4n) is 4.09. The number of hydrogen-bond acceptors (Lipinski definition) is 4. The maximum atomic E-state index is 14.0. The van der Waals surface area contributed by atoms with Gasteiger partial charge in [-0.25, -0.2) is 26.6 Å².